The van der Waals surface area contributed by atoms with Crippen LogP contribution in [0.1, 0.15) is 48.4 Å². The lowest BCUT2D eigenvalue weighted by Gasteiger charge is -2.21. The molecular weight excluding hydrogens is 292 g/mol. The maximum atomic E-state index is 12.0. The van der Waals surface area contributed by atoms with Gasteiger partial charge < -0.3 is 9.42 Å². The first-order chi connectivity index (χ1) is 11.1. The molecule has 23 heavy (non-hydrogen) atoms. The molecule has 0 bridgehead atoms. The Bertz CT molecular complexity index is 692. The van der Waals surface area contributed by atoms with Crippen LogP contribution in [0.3, 0.4) is 0 Å². The maximum Gasteiger partial charge on any atom is 0.252 e. The first kappa shape index (κ1) is 15.8. The van der Waals surface area contributed by atoms with E-state index in [4.69, 9.17) is 4.52 Å². The van der Waals surface area contributed by atoms with Crippen LogP contribution in [0.5, 0.6) is 0 Å². The Balaban J connectivity index is 1.76. The highest BCUT2D eigenvalue weighted by Crippen LogP contribution is 2.17. The molecule has 0 amide bonds. The van der Waals surface area contributed by atoms with Crippen LogP contribution in [0.15, 0.2) is 15.4 Å². The van der Waals surface area contributed by atoms with Crippen LogP contribution in [0, 0.1) is 13.8 Å². The minimum absolute atomic E-state index is 0.0759. The zero-order valence-corrected chi connectivity index (χ0v) is 13.9. The minimum Gasteiger partial charge on any atom is -0.361 e. The monoisotopic (exact) mass is 316 g/mol. The van der Waals surface area contributed by atoms with E-state index < -0.39 is 0 Å². The Morgan fingerprint density at radius 3 is 2.57 bits per heavy atom. The van der Waals surface area contributed by atoms with Crippen LogP contribution in [0.2, 0.25) is 0 Å². The predicted molar refractivity (Wildman–Crippen MR) is 88.9 cm³/mol. The number of aryl methyl sites for hydroxylation is 3. The van der Waals surface area contributed by atoms with E-state index in [1.54, 1.807) is 6.07 Å². The molecule has 0 saturated carbocycles. The SMILES string of the molecule is Cc1noc(C)c1CCc1cc(=O)[nH]c(N2CCCCCC2)n1. The molecule has 1 aliphatic heterocycles. The van der Waals surface area contributed by atoms with Crippen LogP contribution in [0.4, 0.5) is 5.95 Å². The zero-order chi connectivity index (χ0) is 16.2. The first-order valence-electron chi connectivity index (χ1n) is 8.40. The molecule has 0 aliphatic carbocycles. The van der Waals surface area contributed by atoms with Gasteiger partial charge in [0.2, 0.25) is 5.95 Å². The van der Waals surface area contributed by atoms with Gasteiger partial charge in [-0.25, -0.2) is 4.98 Å². The van der Waals surface area contributed by atoms with Crippen molar-refractivity contribution in [2.75, 3.05) is 18.0 Å². The van der Waals surface area contributed by atoms with Crippen LogP contribution < -0.4 is 10.5 Å². The van der Waals surface area contributed by atoms with Crippen molar-refractivity contribution >= 4 is 5.95 Å². The van der Waals surface area contributed by atoms with Gasteiger partial charge in [-0.2, -0.15) is 0 Å². The molecule has 3 rings (SSSR count). The minimum atomic E-state index is -0.0759. The van der Waals surface area contributed by atoms with E-state index in [0.29, 0.717) is 12.4 Å². The summed E-state index contributed by atoms with van der Waals surface area (Å²) in [4.78, 5) is 21.8. The molecule has 1 fully saturated rings. The molecule has 0 atom stereocenters. The van der Waals surface area contributed by atoms with Crippen molar-refractivity contribution in [1.82, 2.24) is 15.1 Å². The van der Waals surface area contributed by atoms with Gasteiger partial charge in [-0.15, -0.1) is 0 Å². The summed E-state index contributed by atoms with van der Waals surface area (Å²) in [7, 11) is 0. The summed E-state index contributed by atoms with van der Waals surface area (Å²) in [6, 6.07) is 1.60. The van der Waals surface area contributed by atoms with Gasteiger partial charge in [-0.1, -0.05) is 18.0 Å². The molecule has 1 aliphatic rings. The molecule has 1 saturated heterocycles. The van der Waals surface area contributed by atoms with Crippen molar-refractivity contribution in [2.45, 2.75) is 52.4 Å². The Labute approximate surface area is 135 Å². The van der Waals surface area contributed by atoms with Gasteiger partial charge >= 0.3 is 0 Å². The van der Waals surface area contributed by atoms with Crippen LogP contribution in [-0.2, 0) is 12.8 Å². The highest BCUT2D eigenvalue weighted by Gasteiger charge is 2.14. The van der Waals surface area contributed by atoms with Gasteiger partial charge in [0.25, 0.3) is 5.56 Å². The lowest BCUT2D eigenvalue weighted by atomic mass is 10.1. The number of aromatic amines is 1. The number of hydrogen-bond acceptors (Lipinski definition) is 5. The topological polar surface area (TPSA) is 75.0 Å². The number of H-pyrrole nitrogens is 1. The summed E-state index contributed by atoms with van der Waals surface area (Å²) in [5.41, 5.74) is 2.78. The number of hydrogen-bond donors (Lipinski definition) is 1. The van der Waals surface area contributed by atoms with E-state index in [1.807, 2.05) is 13.8 Å². The second-order valence-corrected chi connectivity index (χ2v) is 6.26. The zero-order valence-electron chi connectivity index (χ0n) is 13.9. The van der Waals surface area contributed by atoms with Crippen molar-refractivity contribution in [2.24, 2.45) is 0 Å². The Hall–Kier alpha value is -2.11. The maximum absolute atomic E-state index is 12.0. The fraction of sp³-hybridized carbons (Fsp3) is 0.588. The third-order valence-corrected chi connectivity index (χ3v) is 4.50. The molecular formula is C17H24N4O2. The van der Waals surface area contributed by atoms with Crippen molar-refractivity contribution in [3.05, 3.63) is 39.1 Å². The van der Waals surface area contributed by atoms with Gasteiger partial charge in [0.1, 0.15) is 5.76 Å². The van der Waals surface area contributed by atoms with Gasteiger partial charge in [-0.3, -0.25) is 9.78 Å². The molecule has 6 nitrogen and oxygen atoms in total. The lowest BCUT2D eigenvalue weighted by Crippen LogP contribution is -2.28. The highest BCUT2D eigenvalue weighted by molar-refractivity contribution is 5.31. The number of aromatic nitrogens is 3. The van der Waals surface area contributed by atoms with Crippen molar-refractivity contribution in [3.63, 3.8) is 0 Å². The number of nitrogens with zero attached hydrogens (tertiary/aromatic N) is 3. The summed E-state index contributed by atoms with van der Waals surface area (Å²) in [5, 5.41) is 3.98. The van der Waals surface area contributed by atoms with Crippen molar-refractivity contribution < 1.29 is 4.52 Å². The van der Waals surface area contributed by atoms with E-state index in [-0.39, 0.29) is 5.56 Å². The summed E-state index contributed by atoms with van der Waals surface area (Å²) in [5.74, 6) is 1.56. The molecule has 124 valence electrons. The van der Waals surface area contributed by atoms with Gasteiger partial charge in [0.15, 0.2) is 0 Å². The molecule has 0 unspecified atom stereocenters. The van der Waals surface area contributed by atoms with Crippen LogP contribution in [0.25, 0.3) is 0 Å². The van der Waals surface area contributed by atoms with Crippen molar-refractivity contribution in [3.8, 4) is 0 Å². The molecule has 0 spiro atoms. The lowest BCUT2D eigenvalue weighted by molar-refractivity contribution is 0.392. The largest absolute Gasteiger partial charge is 0.361 e. The Kier molecular flexibility index (Phi) is 4.79. The van der Waals surface area contributed by atoms with E-state index >= 15 is 0 Å². The van der Waals surface area contributed by atoms with Gasteiger partial charge in [0, 0.05) is 24.7 Å². The normalized spacial score (nSPS) is 15.7. The fourth-order valence-corrected chi connectivity index (χ4v) is 3.17. The van der Waals surface area contributed by atoms with E-state index in [2.05, 4.69) is 20.0 Å². The number of anilines is 1. The van der Waals surface area contributed by atoms with Crippen molar-refractivity contribution in [1.29, 1.82) is 0 Å². The molecule has 0 radical (unpaired) electrons. The number of nitrogens with one attached hydrogen (secondary N) is 1. The van der Waals surface area contributed by atoms with Crippen LogP contribution >= 0.6 is 0 Å². The summed E-state index contributed by atoms with van der Waals surface area (Å²) in [6.45, 7) is 5.80. The summed E-state index contributed by atoms with van der Waals surface area (Å²) >= 11 is 0. The highest BCUT2D eigenvalue weighted by atomic mass is 16.5. The third-order valence-electron chi connectivity index (χ3n) is 4.50. The van der Waals surface area contributed by atoms with E-state index in [0.717, 1.165) is 55.1 Å². The molecule has 2 aromatic rings. The molecule has 2 aromatic heterocycles. The van der Waals surface area contributed by atoms with E-state index in [9.17, 15) is 4.79 Å². The summed E-state index contributed by atoms with van der Waals surface area (Å²) in [6.07, 6.45) is 6.34. The average Bonchev–Trinajstić information content (AvgIpc) is 2.73. The average molecular weight is 316 g/mol. The predicted octanol–water partition coefficient (Wildman–Crippen LogP) is 2.54. The second kappa shape index (κ2) is 6.98. The summed E-state index contributed by atoms with van der Waals surface area (Å²) < 4.78 is 5.19. The standard InChI is InChI=1S/C17H24N4O2/c1-12-15(13(2)23-20-12)8-7-14-11-16(22)19-17(18-14)21-9-5-3-4-6-10-21/h11H,3-10H2,1-2H3,(H,18,19,22). The molecule has 6 heteroatoms. The molecule has 3 heterocycles. The van der Waals surface area contributed by atoms with Crippen LogP contribution in [-0.4, -0.2) is 28.2 Å². The van der Waals surface area contributed by atoms with Gasteiger partial charge in [0.05, 0.1) is 11.4 Å². The van der Waals surface area contributed by atoms with E-state index in [1.165, 1.54) is 12.8 Å². The fourth-order valence-electron chi connectivity index (χ4n) is 3.17. The third kappa shape index (κ3) is 3.81. The second-order valence-electron chi connectivity index (χ2n) is 6.26. The first-order valence-corrected chi connectivity index (χ1v) is 8.40. The number of rotatable bonds is 4. The molecule has 1 N–H and O–H groups in total. The van der Waals surface area contributed by atoms with Gasteiger partial charge in [-0.05, 0) is 39.5 Å². The molecule has 0 aromatic carbocycles. The Morgan fingerprint density at radius 1 is 1.17 bits per heavy atom. The Morgan fingerprint density at radius 2 is 1.91 bits per heavy atom. The quantitative estimate of drug-likeness (QED) is 0.938. The smallest absolute Gasteiger partial charge is 0.252 e.